The van der Waals surface area contributed by atoms with Gasteiger partial charge in [0, 0.05) is 13.0 Å². The number of unbranched alkanes of at least 4 members (excludes halogenated alkanes) is 1. The van der Waals surface area contributed by atoms with Crippen molar-refractivity contribution in [3.63, 3.8) is 0 Å². The average Bonchev–Trinajstić information content (AvgIpc) is 2.36. The fourth-order valence-corrected chi connectivity index (χ4v) is 1.60. The second-order valence-electron chi connectivity index (χ2n) is 4.08. The first-order valence-corrected chi connectivity index (χ1v) is 5.97. The molecule has 0 radical (unpaired) electrons. The zero-order valence-corrected chi connectivity index (χ0v) is 11.0. The number of carbonyl (C=O) groups is 1. The van der Waals surface area contributed by atoms with Gasteiger partial charge in [-0.1, -0.05) is 0 Å². The van der Waals surface area contributed by atoms with Gasteiger partial charge in [-0.05, 0) is 19.8 Å². The number of aryl methyl sites for hydroxylation is 1. The van der Waals surface area contributed by atoms with Gasteiger partial charge in [0.1, 0.15) is 5.69 Å². The van der Waals surface area contributed by atoms with Gasteiger partial charge in [0.05, 0.1) is 4.92 Å². The molecule has 0 spiro atoms. The fraction of sp³-hybridized carbons (Fsp3) is 0.500. The Labute approximate surface area is 115 Å². The van der Waals surface area contributed by atoms with E-state index < -0.39 is 4.92 Å². The van der Waals surface area contributed by atoms with Crippen molar-refractivity contribution in [3.05, 3.63) is 15.8 Å². The molecule has 10 nitrogen and oxygen atoms in total. The lowest BCUT2D eigenvalue weighted by Gasteiger charge is -2.09. The summed E-state index contributed by atoms with van der Waals surface area (Å²) in [4.78, 5) is 28.8. The summed E-state index contributed by atoms with van der Waals surface area (Å²) in [7, 11) is 0. The predicted octanol–water partition coefficient (Wildman–Crippen LogP) is 0.0463. The van der Waals surface area contributed by atoms with Gasteiger partial charge >= 0.3 is 5.69 Å². The summed E-state index contributed by atoms with van der Waals surface area (Å²) in [5.74, 6) is 5.01. The van der Waals surface area contributed by atoms with Crippen molar-refractivity contribution in [2.45, 2.75) is 26.2 Å². The molecular formula is C10H17N7O3. The number of nitrogens with two attached hydrogens (primary N) is 2. The summed E-state index contributed by atoms with van der Waals surface area (Å²) in [5, 5.41) is 13.8. The molecule has 1 aromatic rings. The zero-order valence-electron chi connectivity index (χ0n) is 11.0. The van der Waals surface area contributed by atoms with Crippen LogP contribution in [0.3, 0.4) is 0 Å². The Morgan fingerprint density at radius 1 is 1.40 bits per heavy atom. The lowest BCUT2D eigenvalue weighted by molar-refractivity contribution is -0.385. The van der Waals surface area contributed by atoms with Gasteiger partial charge in [-0.25, -0.2) is 10.8 Å². The van der Waals surface area contributed by atoms with E-state index in [0.29, 0.717) is 19.4 Å². The molecule has 6 N–H and O–H groups in total. The molecule has 0 unspecified atom stereocenters. The first-order valence-electron chi connectivity index (χ1n) is 5.97. The third-order valence-electron chi connectivity index (χ3n) is 2.51. The predicted molar refractivity (Wildman–Crippen MR) is 72.8 cm³/mol. The van der Waals surface area contributed by atoms with Crippen LogP contribution in [0.15, 0.2) is 0 Å². The van der Waals surface area contributed by atoms with Gasteiger partial charge < -0.3 is 11.1 Å². The highest BCUT2D eigenvalue weighted by atomic mass is 16.6. The number of hydrogen-bond donors (Lipinski definition) is 4. The molecule has 0 aliphatic carbocycles. The molecule has 0 atom stereocenters. The number of hydrogen-bond acceptors (Lipinski definition) is 8. The van der Waals surface area contributed by atoms with Crippen molar-refractivity contribution < 1.29 is 9.72 Å². The van der Waals surface area contributed by atoms with E-state index >= 15 is 0 Å². The van der Waals surface area contributed by atoms with Crippen LogP contribution in [0.1, 0.15) is 25.0 Å². The van der Waals surface area contributed by atoms with Crippen molar-refractivity contribution in [3.8, 4) is 0 Å². The number of amides is 1. The first kappa shape index (κ1) is 15.6. The Hall–Kier alpha value is -2.49. The minimum atomic E-state index is -0.554. The van der Waals surface area contributed by atoms with Crippen LogP contribution in [0.4, 0.5) is 17.5 Å². The third kappa shape index (κ3) is 4.31. The van der Waals surface area contributed by atoms with Crippen LogP contribution < -0.4 is 22.3 Å². The summed E-state index contributed by atoms with van der Waals surface area (Å²) in [6.07, 6.45) is 1.51. The number of nitrogen functional groups attached to an aromatic ring is 1. The molecule has 0 saturated carbocycles. The molecule has 0 bridgehead atoms. The molecule has 0 fully saturated rings. The molecule has 1 heterocycles. The van der Waals surface area contributed by atoms with Crippen LogP contribution in [-0.2, 0) is 4.79 Å². The molecule has 0 aliphatic heterocycles. The maximum absolute atomic E-state index is 11.0. The summed E-state index contributed by atoms with van der Waals surface area (Å²) in [6, 6.07) is 0. The largest absolute Gasteiger partial charge is 0.370 e. The number of nitro groups is 1. The lowest BCUT2D eigenvalue weighted by Crippen LogP contribution is -2.15. The molecular weight excluding hydrogens is 266 g/mol. The molecule has 10 heteroatoms. The minimum absolute atomic E-state index is 0.0905. The fourth-order valence-electron chi connectivity index (χ4n) is 1.60. The number of carbonyl (C=O) groups excluding carboxylic acids is 1. The Bertz CT molecular complexity index is 506. The number of nitrogens with one attached hydrogen (secondary N) is 2. The SMILES string of the molecule is Cc1nc(NN)nc(NCCCCC(N)=O)c1[N+](=O)[O-]. The van der Waals surface area contributed by atoms with Crippen molar-refractivity contribution in [2.75, 3.05) is 17.3 Å². The van der Waals surface area contributed by atoms with E-state index in [4.69, 9.17) is 11.6 Å². The molecule has 1 aromatic heterocycles. The third-order valence-corrected chi connectivity index (χ3v) is 2.51. The van der Waals surface area contributed by atoms with Crippen LogP contribution >= 0.6 is 0 Å². The van der Waals surface area contributed by atoms with Gasteiger partial charge in [-0.15, -0.1) is 0 Å². The number of nitrogens with zero attached hydrogens (tertiary/aromatic N) is 3. The van der Waals surface area contributed by atoms with E-state index in [1.165, 1.54) is 6.92 Å². The number of primary amides is 1. The Morgan fingerprint density at radius 3 is 2.65 bits per heavy atom. The maximum atomic E-state index is 11.0. The van der Waals surface area contributed by atoms with Crippen LogP contribution in [0, 0.1) is 17.0 Å². The molecule has 110 valence electrons. The Morgan fingerprint density at radius 2 is 2.10 bits per heavy atom. The van der Waals surface area contributed by atoms with E-state index in [2.05, 4.69) is 20.7 Å². The first-order chi connectivity index (χ1) is 9.45. The van der Waals surface area contributed by atoms with Crippen molar-refractivity contribution >= 4 is 23.4 Å². The monoisotopic (exact) mass is 283 g/mol. The van der Waals surface area contributed by atoms with Gasteiger partial charge in [0.2, 0.25) is 17.7 Å². The average molecular weight is 283 g/mol. The number of aromatic nitrogens is 2. The van der Waals surface area contributed by atoms with Crippen LogP contribution in [0.2, 0.25) is 0 Å². The zero-order chi connectivity index (χ0) is 15.1. The van der Waals surface area contributed by atoms with E-state index in [9.17, 15) is 14.9 Å². The second kappa shape index (κ2) is 7.19. The Kier molecular flexibility index (Phi) is 5.59. The standard InChI is InChI=1S/C10H17N7O3/c1-6-8(17(19)20)9(15-10(14-6)16-12)13-5-3-2-4-7(11)18/h2-5,12H2,1H3,(H2,11,18)(H2,13,14,15,16). The van der Waals surface area contributed by atoms with Gasteiger partial charge in [-0.2, -0.15) is 4.98 Å². The van der Waals surface area contributed by atoms with Crippen molar-refractivity contribution in [1.29, 1.82) is 0 Å². The molecule has 1 rings (SSSR count). The number of rotatable bonds is 8. The quantitative estimate of drug-likeness (QED) is 0.225. The maximum Gasteiger partial charge on any atom is 0.332 e. The smallest absolute Gasteiger partial charge is 0.332 e. The van der Waals surface area contributed by atoms with Crippen LogP contribution in [-0.4, -0.2) is 27.3 Å². The highest BCUT2D eigenvalue weighted by Gasteiger charge is 2.21. The normalized spacial score (nSPS) is 10.1. The summed E-state index contributed by atoms with van der Waals surface area (Å²) in [6.45, 7) is 1.92. The van der Waals surface area contributed by atoms with Crippen LogP contribution in [0.25, 0.3) is 0 Å². The number of anilines is 2. The summed E-state index contributed by atoms with van der Waals surface area (Å²) < 4.78 is 0. The van der Waals surface area contributed by atoms with Gasteiger partial charge in [-0.3, -0.25) is 20.3 Å². The molecule has 0 saturated heterocycles. The van der Waals surface area contributed by atoms with E-state index in [1.54, 1.807) is 0 Å². The minimum Gasteiger partial charge on any atom is -0.370 e. The van der Waals surface area contributed by atoms with Gasteiger partial charge in [0.15, 0.2) is 0 Å². The topological polar surface area (TPSA) is 162 Å². The molecule has 1 amide bonds. The molecule has 0 aliphatic rings. The highest BCUT2D eigenvalue weighted by Crippen LogP contribution is 2.26. The Balaban J connectivity index is 2.74. The second-order valence-corrected chi connectivity index (χ2v) is 4.08. The van der Waals surface area contributed by atoms with Crippen LogP contribution in [0.5, 0.6) is 0 Å². The van der Waals surface area contributed by atoms with Crippen molar-refractivity contribution in [1.82, 2.24) is 9.97 Å². The highest BCUT2D eigenvalue weighted by molar-refractivity contribution is 5.73. The molecule has 20 heavy (non-hydrogen) atoms. The lowest BCUT2D eigenvalue weighted by atomic mass is 10.2. The van der Waals surface area contributed by atoms with Crippen molar-refractivity contribution in [2.24, 2.45) is 11.6 Å². The summed E-state index contributed by atoms with van der Waals surface area (Å²) >= 11 is 0. The number of hydrazine groups is 1. The van der Waals surface area contributed by atoms with E-state index in [-0.39, 0.29) is 35.5 Å². The van der Waals surface area contributed by atoms with E-state index in [1.807, 2.05) is 0 Å². The van der Waals surface area contributed by atoms with E-state index in [0.717, 1.165) is 0 Å². The summed E-state index contributed by atoms with van der Waals surface area (Å²) in [5.41, 5.74) is 7.27. The molecule has 0 aromatic carbocycles. The van der Waals surface area contributed by atoms with Gasteiger partial charge in [0.25, 0.3) is 0 Å².